The van der Waals surface area contributed by atoms with Crippen molar-refractivity contribution in [3.8, 4) is 0 Å². The molecular weight excluding hydrogens is 403 g/mol. The summed E-state index contributed by atoms with van der Waals surface area (Å²) in [5.41, 5.74) is 0. The lowest BCUT2D eigenvalue weighted by Gasteiger charge is -2.40. The average molecular weight is 408 g/mol. The molecule has 16 heteroatoms. The van der Waals surface area contributed by atoms with E-state index >= 15 is 0 Å². The predicted molar refractivity (Wildman–Crippen MR) is 49.0 cm³/mol. The van der Waals surface area contributed by atoms with Crippen molar-refractivity contribution in [1.82, 2.24) is 0 Å². The molecule has 0 bridgehead atoms. The molecule has 0 aromatic rings. The minimum absolute atomic E-state index is 2.44. The van der Waals surface area contributed by atoms with Crippen LogP contribution in [-0.4, -0.2) is 58.1 Å². The summed E-state index contributed by atoms with van der Waals surface area (Å²) >= 11 is 0. The third-order valence-electron chi connectivity index (χ3n) is 2.74. The predicted octanol–water partition coefficient (Wildman–Crippen LogP) is 3.56. The maximum Gasteiger partial charge on any atom is 0.460 e. The van der Waals surface area contributed by atoms with Gasteiger partial charge in [-0.1, -0.05) is 0 Å². The number of aliphatic carboxylic acids is 1. The molecule has 150 valence electrons. The van der Waals surface area contributed by atoms with Crippen molar-refractivity contribution >= 4 is 5.97 Å². The fourth-order valence-electron chi connectivity index (χ4n) is 1.28. The van der Waals surface area contributed by atoms with Crippen LogP contribution in [0.5, 0.6) is 0 Å². The maximum atomic E-state index is 13.1. The van der Waals surface area contributed by atoms with Crippen molar-refractivity contribution < 1.29 is 72.1 Å². The number of carbonyl (C=O) groups is 1. The van der Waals surface area contributed by atoms with Gasteiger partial charge in [-0.25, -0.2) is 0 Å². The molecule has 0 rings (SSSR count). The zero-order valence-corrected chi connectivity index (χ0v) is 11.0. The summed E-state index contributed by atoms with van der Waals surface area (Å²) in [5.74, 6) is -41.1. The molecule has 2 N–H and O–H groups in total. The Bertz CT molecular complexity index is 509. The van der Waals surface area contributed by atoms with Crippen molar-refractivity contribution in [3.63, 3.8) is 0 Å². The molecule has 25 heavy (non-hydrogen) atoms. The van der Waals surface area contributed by atoms with Gasteiger partial charge in [-0.3, -0.25) is 4.79 Å². The monoisotopic (exact) mass is 408 g/mol. The lowest BCUT2D eigenvalue weighted by molar-refractivity contribution is -0.444. The van der Waals surface area contributed by atoms with E-state index in [2.05, 4.69) is 0 Å². The van der Waals surface area contributed by atoms with Crippen LogP contribution >= 0.6 is 0 Å². The van der Waals surface area contributed by atoms with Gasteiger partial charge in [-0.15, -0.1) is 0 Å². The van der Waals surface area contributed by atoms with Crippen molar-refractivity contribution in [2.45, 2.75) is 48.3 Å². The number of hydrogen-bond acceptors (Lipinski definition) is 2. The first-order valence-electron chi connectivity index (χ1n) is 5.44. The summed E-state index contributed by atoms with van der Waals surface area (Å²) in [4.78, 5) is 9.98. The molecule has 1 atom stereocenters. The summed E-state index contributed by atoms with van der Waals surface area (Å²) in [6.07, 6.45) is -14.3. The lowest BCUT2D eigenvalue weighted by Crippen LogP contribution is -2.71. The first kappa shape index (κ1) is 23.5. The number of hydrogen-bond donors (Lipinski definition) is 2. The van der Waals surface area contributed by atoms with Crippen molar-refractivity contribution in [2.24, 2.45) is 0 Å². The van der Waals surface area contributed by atoms with Gasteiger partial charge in [0.2, 0.25) is 0 Å². The topological polar surface area (TPSA) is 57.5 Å². The van der Waals surface area contributed by atoms with Crippen molar-refractivity contribution in [3.05, 3.63) is 0 Å². The Kier molecular flexibility index (Phi) is 5.69. The van der Waals surface area contributed by atoms with Gasteiger partial charge in [0.05, 0.1) is 6.42 Å². The Balaban J connectivity index is 6.25. The Morgan fingerprint density at radius 2 is 1.00 bits per heavy atom. The normalized spacial score (nSPS) is 16.7. The lowest BCUT2D eigenvalue weighted by atomic mass is 9.91. The minimum atomic E-state index is -8.09. The zero-order valence-electron chi connectivity index (χ0n) is 11.0. The summed E-state index contributed by atoms with van der Waals surface area (Å²) in [5, 5.41) is 16.4. The smallest absolute Gasteiger partial charge is 0.460 e. The molecule has 0 radical (unpaired) electrons. The van der Waals surface area contributed by atoms with E-state index in [4.69, 9.17) is 10.2 Å². The molecule has 0 spiro atoms. The highest BCUT2D eigenvalue weighted by molar-refractivity contribution is 5.67. The summed E-state index contributed by atoms with van der Waals surface area (Å²) < 4.78 is 164. The molecule has 0 aliphatic rings. The summed E-state index contributed by atoms with van der Waals surface area (Å²) in [6, 6.07) is 0. The summed E-state index contributed by atoms with van der Waals surface area (Å²) in [7, 11) is 0. The Hall–Kier alpha value is -1.48. The van der Waals surface area contributed by atoms with Gasteiger partial charge < -0.3 is 10.2 Å². The quantitative estimate of drug-likeness (QED) is 0.634. The Morgan fingerprint density at radius 1 is 0.680 bits per heavy atom. The first-order chi connectivity index (χ1) is 10.6. The number of alkyl halides is 13. The Labute approximate surface area is 128 Å². The van der Waals surface area contributed by atoms with Crippen LogP contribution in [0.4, 0.5) is 57.1 Å². The van der Waals surface area contributed by atoms with E-state index in [-0.39, 0.29) is 0 Å². The standard InChI is InChI=1S/C9H5F13O3/c10-4(11,2(23)1-3(24)25)5(12,13)6(14,15)7(16,17)8(18,19)9(20,21)22/h2,23H,1H2,(H,24,25). The van der Waals surface area contributed by atoms with Crippen LogP contribution in [0.2, 0.25) is 0 Å². The number of aliphatic hydroxyl groups excluding tert-OH is 1. The molecule has 0 saturated heterocycles. The van der Waals surface area contributed by atoms with Crippen LogP contribution < -0.4 is 0 Å². The molecule has 0 aliphatic heterocycles. The second-order valence-electron chi connectivity index (χ2n) is 4.53. The first-order valence-corrected chi connectivity index (χ1v) is 5.44. The van der Waals surface area contributed by atoms with E-state index in [1.807, 2.05) is 0 Å². The number of halogens is 13. The number of carboxylic acid groups (broad SMARTS) is 1. The highest BCUT2D eigenvalue weighted by Crippen LogP contribution is 2.60. The third kappa shape index (κ3) is 3.31. The van der Waals surface area contributed by atoms with Gasteiger partial charge >= 0.3 is 41.8 Å². The van der Waals surface area contributed by atoms with Crippen LogP contribution in [-0.2, 0) is 4.79 Å². The van der Waals surface area contributed by atoms with E-state index in [0.29, 0.717) is 0 Å². The van der Waals surface area contributed by atoms with Crippen LogP contribution in [0, 0.1) is 0 Å². The van der Waals surface area contributed by atoms with Gasteiger partial charge in [0.15, 0.2) is 0 Å². The molecule has 0 aromatic heterocycles. The van der Waals surface area contributed by atoms with Gasteiger partial charge in [-0.05, 0) is 0 Å². The molecule has 0 aromatic carbocycles. The van der Waals surface area contributed by atoms with Gasteiger partial charge in [0, 0.05) is 0 Å². The van der Waals surface area contributed by atoms with Crippen molar-refractivity contribution in [2.75, 3.05) is 0 Å². The molecule has 0 heterocycles. The molecule has 0 fully saturated rings. The highest BCUT2D eigenvalue weighted by atomic mass is 19.4. The second kappa shape index (κ2) is 6.05. The van der Waals surface area contributed by atoms with E-state index in [1.165, 1.54) is 0 Å². The molecule has 1 unspecified atom stereocenters. The Morgan fingerprint density at radius 3 is 1.28 bits per heavy atom. The number of carboxylic acids is 1. The van der Waals surface area contributed by atoms with E-state index in [1.54, 1.807) is 0 Å². The fourth-order valence-corrected chi connectivity index (χ4v) is 1.28. The zero-order chi connectivity index (χ0) is 20.9. The highest BCUT2D eigenvalue weighted by Gasteiger charge is 2.91. The van der Waals surface area contributed by atoms with E-state index in [0.717, 1.165) is 0 Å². The largest absolute Gasteiger partial charge is 0.481 e. The molecule has 0 saturated carbocycles. The molecule has 3 nitrogen and oxygen atoms in total. The minimum Gasteiger partial charge on any atom is -0.481 e. The van der Waals surface area contributed by atoms with Crippen LogP contribution in [0.15, 0.2) is 0 Å². The molecule has 0 aliphatic carbocycles. The number of aliphatic hydroxyl groups is 1. The van der Waals surface area contributed by atoms with Crippen LogP contribution in [0.3, 0.4) is 0 Å². The van der Waals surface area contributed by atoms with Gasteiger partial charge in [0.1, 0.15) is 6.10 Å². The molecular formula is C9H5F13O3. The third-order valence-corrected chi connectivity index (χ3v) is 2.74. The fraction of sp³-hybridized carbons (Fsp3) is 0.889. The van der Waals surface area contributed by atoms with E-state index < -0.39 is 54.3 Å². The van der Waals surface area contributed by atoms with Gasteiger partial charge in [-0.2, -0.15) is 57.1 Å². The SMILES string of the molecule is O=C(O)CC(O)C(F)(F)C(F)(F)C(F)(F)C(F)(F)C(F)(F)C(F)(F)F. The second-order valence-corrected chi connectivity index (χ2v) is 4.53. The number of rotatable bonds is 7. The summed E-state index contributed by atoms with van der Waals surface area (Å²) in [6.45, 7) is 0. The van der Waals surface area contributed by atoms with Crippen molar-refractivity contribution in [1.29, 1.82) is 0 Å². The van der Waals surface area contributed by atoms with Crippen LogP contribution in [0.25, 0.3) is 0 Å². The van der Waals surface area contributed by atoms with E-state index in [9.17, 15) is 61.9 Å². The molecule has 0 amide bonds. The van der Waals surface area contributed by atoms with Gasteiger partial charge in [0.25, 0.3) is 0 Å². The average Bonchev–Trinajstić information content (AvgIpc) is 2.35. The van der Waals surface area contributed by atoms with Crippen LogP contribution in [0.1, 0.15) is 6.42 Å². The maximum absolute atomic E-state index is 13.1.